The van der Waals surface area contributed by atoms with Gasteiger partial charge >= 0.3 is 6.09 Å². The topological polar surface area (TPSA) is 38.3 Å². The minimum atomic E-state index is -2.03. The number of amides is 1. The maximum absolute atomic E-state index is 11.8. The van der Waals surface area contributed by atoms with Gasteiger partial charge in [-0.2, -0.15) is 0 Å². The molecular weight excluding hydrogens is 409 g/mol. The van der Waals surface area contributed by atoms with Gasteiger partial charge in [0.2, 0.25) is 0 Å². The Bertz CT molecular complexity index is 717. The Morgan fingerprint density at radius 2 is 1.12 bits per heavy atom. The third-order valence-electron chi connectivity index (χ3n) is 4.24. The van der Waals surface area contributed by atoms with Crippen LogP contribution in [-0.4, -0.2) is 19.5 Å². The Hall–Kier alpha value is -2.16. The van der Waals surface area contributed by atoms with Crippen LogP contribution in [0.25, 0.3) is 0 Å². The number of rotatable bonds is 5. The van der Waals surface area contributed by atoms with Gasteiger partial charge in [-0.25, -0.2) is 4.79 Å². The van der Waals surface area contributed by atoms with Gasteiger partial charge in [0.05, 0.1) is 7.11 Å². The van der Waals surface area contributed by atoms with Crippen LogP contribution in [0.2, 0.25) is 0 Å². The van der Waals surface area contributed by atoms with Crippen LogP contribution in [0.3, 0.4) is 0 Å². The van der Waals surface area contributed by atoms with Crippen molar-refractivity contribution in [3.05, 3.63) is 91.0 Å². The third kappa shape index (κ3) is 4.14. The Morgan fingerprint density at radius 1 is 0.769 bits per heavy atom. The van der Waals surface area contributed by atoms with Gasteiger partial charge in [0.1, 0.15) is 29.5 Å². The van der Waals surface area contributed by atoms with Gasteiger partial charge in [-0.05, 0) is 36.4 Å². The maximum Gasteiger partial charge on any atom is 0.409 e. The number of methoxy groups -OCH3 is 1. The second-order valence-corrected chi connectivity index (χ2v) is 9.13. The lowest BCUT2D eigenvalue weighted by atomic mass is 10.4. The lowest BCUT2D eigenvalue weighted by Gasteiger charge is -2.27. The molecule has 1 N–H and O–H groups in total. The molecule has 0 fully saturated rings. The first-order valence-corrected chi connectivity index (χ1v) is 10.1. The maximum atomic E-state index is 11.8. The van der Waals surface area contributed by atoms with E-state index in [2.05, 4.69) is 41.7 Å². The van der Waals surface area contributed by atoms with E-state index in [9.17, 15) is 4.79 Å². The number of hydrogen-bond donors (Lipinski definition) is 1. The molecule has 3 aromatic rings. The van der Waals surface area contributed by atoms with E-state index >= 15 is 0 Å². The van der Waals surface area contributed by atoms with Crippen LogP contribution < -0.4 is 38.2 Å². The van der Waals surface area contributed by atoms with Crippen molar-refractivity contribution in [3.63, 3.8) is 0 Å². The number of benzene rings is 3. The molecule has 0 saturated carbocycles. The molecule has 0 spiro atoms. The fourth-order valence-corrected chi connectivity index (χ4v) is 6.88. The first kappa shape index (κ1) is 20.2. The molecular formula is C21H21BrNO2P. The average Bonchev–Trinajstić information content (AvgIpc) is 2.71. The van der Waals surface area contributed by atoms with E-state index in [1.807, 2.05) is 54.6 Å². The summed E-state index contributed by atoms with van der Waals surface area (Å²) in [6.07, 6.45) is 0.102. The summed E-state index contributed by atoms with van der Waals surface area (Å²) in [5.41, 5.74) is 0. The number of alkyl carbamates (subject to hydrolysis) is 1. The predicted octanol–water partition coefficient (Wildman–Crippen LogP) is 0.298. The summed E-state index contributed by atoms with van der Waals surface area (Å²) in [6, 6.07) is 31.2. The molecule has 0 aliphatic heterocycles. The van der Waals surface area contributed by atoms with E-state index in [1.54, 1.807) is 0 Å². The zero-order valence-corrected chi connectivity index (χ0v) is 17.0. The molecule has 0 unspecified atom stereocenters. The van der Waals surface area contributed by atoms with Crippen molar-refractivity contribution in [2.75, 3.05) is 13.4 Å². The Morgan fingerprint density at radius 3 is 1.42 bits per heavy atom. The lowest BCUT2D eigenvalue weighted by Crippen LogP contribution is -3.00. The molecule has 0 atom stereocenters. The highest BCUT2D eigenvalue weighted by molar-refractivity contribution is 7.95. The van der Waals surface area contributed by atoms with Gasteiger partial charge in [-0.1, -0.05) is 54.6 Å². The summed E-state index contributed by atoms with van der Waals surface area (Å²) >= 11 is 0. The Balaban J connectivity index is 0.00000243. The number of ether oxygens (including phenoxy) is 1. The fraction of sp³-hybridized carbons (Fsp3) is 0.0952. The van der Waals surface area contributed by atoms with Crippen LogP contribution in [0, 0.1) is 0 Å². The monoisotopic (exact) mass is 429 g/mol. The van der Waals surface area contributed by atoms with Crippen LogP contribution in [-0.2, 0) is 4.74 Å². The molecule has 0 aliphatic carbocycles. The summed E-state index contributed by atoms with van der Waals surface area (Å²) in [5.74, 6) is 0. The minimum Gasteiger partial charge on any atom is -1.00 e. The summed E-state index contributed by atoms with van der Waals surface area (Å²) in [7, 11) is -0.640. The van der Waals surface area contributed by atoms with Crippen LogP contribution in [0.15, 0.2) is 91.0 Å². The van der Waals surface area contributed by atoms with E-state index in [0.717, 1.165) is 0 Å². The highest BCUT2D eigenvalue weighted by Crippen LogP contribution is 2.54. The second kappa shape index (κ2) is 9.51. The van der Waals surface area contributed by atoms with Gasteiger partial charge in [0.25, 0.3) is 0 Å². The predicted molar refractivity (Wildman–Crippen MR) is 106 cm³/mol. The molecule has 0 saturated heterocycles. The molecule has 5 heteroatoms. The second-order valence-electron chi connectivity index (χ2n) is 5.64. The molecule has 0 aromatic heterocycles. The van der Waals surface area contributed by atoms with Crippen molar-refractivity contribution in [1.29, 1.82) is 0 Å². The molecule has 3 nitrogen and oxygen atoms in total. The van der Waals surface area contributed by atoms with Crippen molar-refractivity contribution in [3.8, 4) is 0 Å². The molecule has 0 aliphatic rings. The van der Waals surface area contributed by atoms with Crippen LogP contribution in [0.1, 0.15) is 0 Å². The molecule has 3 aromatic carbocycles. The van der Waals surface area contributed by atoms with E-state index in [0.29, 0.717) is 6.29 Å². The van der Waals surface area contributed by atoms with Crippen molar-refractivity contribution in [1.82, 2.24) is 5.32 Å². The number of carbonyl (C=O) groups is 1. The molecule has 134 valence electrons. The lowest BCUT2D eigenvalue weighted by molar-refractivity contribution is -0.00000995. The highest BCUT2D eigenvalue weighted by atomic mass is 79.9. The van der Waals surface area contributed by atoms with E-state index in [4.69, 9.17) is 4.74 Å². The smallest absolute Gasteiger partial charge is 0.409 e. The zero-order valence-electron chi connectivity index (χ0n) is 14.5. The summed E-state index contributed by atoms with van der Waals surface area (Å²) < 4.78 is 4.82. The van der Waals surface area contributed by atoms with Gasteiger partial charge in [-0.15, -0.1) is 0 Å². The minimum absolute atomic E-state index is 0. The Labute approximate surface area is 165 Å². The first-order chi connectivity index (χ1) is 12.3. The van der Waals surface area contributed by atoms with Crippen LogP contribution >= 0.6 is 7.26 Å². The summed E-state index contributed by atoms with van der Waals surface area (Å²) in [4.78, 5) is 11.8. The fourth-order valence-electron chi connectivity index (χ4n) is 3.02. The van der Waals surface area contributed by atoms with Crippen LogP contribution in [0.5, 0.6) is 0 Å². The van der Waals surface area contributed by atoms with E-state index < -0.39 is 13.4 Å². The number of hydrogen-bond acceptors (Lipinski definition) is 2. The summed E-state index contributed by atoms with van der Waals surface area (Å²) in [6.45, 7) is 0. The quantitative estimate of drug-likeness (QED) is 0.592. The first-order valence-electron chi connectivity index (χ1n) is 8.14. The molecule has 0 bridgehead atoms. The Kier molecular flexibility index (Phi) is 7.38. The standard InChI is InChI=1S/C21H20NO2P.BrH/c1-24-21(23)22-17-25(18-11-5-2-6-12-18,19-13-7-3-8-14-19)20-15-9-4-10-16-20;/h2-16H,17H2,1H3;1H. The largest absolute Gasteiger partial charge is 1.00 e. The molecule has 1 amide bonds. The zero-order chi connectivity index (χ0) is 17.5. The van der Waals surface area contributed by atoms with E-state index in [-0.39, 0.29) is 17.0 Å². The molecule has 0 radical (unpaired) electrons. The van der Waals surface area contributed by atoms with Crippen molar-refractivity contribution >= 4 is 29.3 Å². The van der Waals surface area contributed by atoms with Crippen molar-refractivity contribution in [2.24, 2.45) is 0 Å². The van der Waals surface area contributed by atoms with Gasteiger partial charge < -0.3 is 21.7 Å². The van der Waals surface area contributed by atoms with Crippen LogP contribution in [0.4, 0.5) is 4.79 Å². The number of carbonyl (C=O) groups excluding carboxylic acids is 1. The SMILES string of the molecule is COC(=O)NC[P+](c1ccccc1)(c1ccccc1)c1ccccc1.[Br-]. The van der Waals surface area contributed by atoms with Gasteiger partial charge in [0.15, 0.2) is 0 Å². The normalized spacial score (nSPS) is 10.5. The average molecular weight is 430 g/mol. The van der Waals surface area contributed by atoms with Gasteiger partial charge in [-0.3, -0.25) is 5.32 Å². The summed E-state index contributed by atoms with van der Waals surface area (Å²) in [5, 5.41) is 6.63. The molecule has 3 rings (SSSR count). The highest BCUT2D eigenvalue weighted by Gasteiger charge is 2.45. The van der Waals surface area contributed by atoms with Gasteiger partial charge in [0, 0.05) is 0 Å². The molecule has 0 heterocycles. The third-order valence-corrected chi connectivity index (χ3v) is 8.41. The number of nitrogens with one attached hydrogen (secondary N) is 1. The van der Waals surface area contributed by atoms with Crippen molar-refractivity contribution < 1.29 is 26.5 Å². The number of halogens is 1. The molecule has 26 heavy (non-hydrogen) atoms. The van der Waals surface area contributed by atoms with E-state index in [1.165, 1.54) is 23.0 Å². The van der Waals surface area contributed by atoms with Crippen molar-refractivity contribution in [2.45, 2.75) is 0 Å².